The predicted molar refractivity (Wildman–Crippen MR) is 74.8 cm³/mol. The number of aliphatic hydroxyl groups is 1. The van der Waals surface area contributed by atoms with Crippen molar-refractivity contribution in [1.82, 2.24) is 0 Å². The third kappa shape index (κ3) is 3.49. The maximum absolute atomic E-state index is 11.3. The second-order valence-electron chi connectivity index (χ2n) is 4.91. The molecule has 1 aliphatic rings. The average Bonchev–Trinajstić information content (AvgIpc) is 2.72. The highest BCUT2D eigenvalue weighted by atomic mass is 35.5. The standard InChI is InChI=1S/C14H16ClNO4/c15-10-7-11-8(6-13(18)16-11)5-9(10)12(17)3-1-2-4-14(19)20/h5,7,12,17H,1-4,6H2,(H,16,18)(H,19,20). The number of fused-ring (bicyclic) bond motifs is 1. The largest absolute Gasteiger partial charge is 0.481 e. The minimum Gasteiger partial charge on any atom is -0.481 e. The van der Waals surface area contributed by atoms with Gasteiger partial charge in [-0.2, -0.15) is 0 Å². The van der Waals surface area contributed by atoms with Crippen molar-refractivity contribution >= 4 is 29.2 Å². The number of halogens is 1. The minimum absolute atomic E-state index is 0.0795. The van der Waals surface area contributed by atoms with Gasteiger partial charge in [-0.15, -0.1) is 0 Å². The van der Waals surface area contributed by atoms with Crippen molar-refractivity contribution in [2.75, 3.05) is 5.32 Å². The molecular weight excluding hydrogens is 282 g/mol. The Bertz CT molecular complexity index is 544. The number of aliphatic hydroxyl groups excluding tert-OH is 1. The molecule has 0 saturated carbocycles. The van der Waals surface area contributed by atoms with Crippen LogP contribution in [0.15, 0.2) is 12.1 Å². The van der Waals surface area contributed by atoms with Gasteiger partial charge >= 0.3 is 5.97 Å². The molecule has 20 heavy (non-hydrogen) atoms. The third-order valence-corrected chi connectivity index (χ3v) is 3.65. The van der Waals surface area contributed by atoms with Crippen LogP contribution in [-0.2, 0) is 16.0 Å². The summed E-state index contributed by atoms with van der Waals surface area (Å²) in [6.07, 6.45) is 1.24. The van der Waals surface area contributed by atoms with Gasteiger partial charge in [-0.05, 0) is 42.5 Å². The summed E-state index contributed by atoms with van der Waals surface area (Å²) in [4.78, 5) is 21.7. The first-order chi connectivity index (χ1) is 9.47. The highest BCUT2D eigenvalue weighted by Crippen LogP contribution is 2.34. The SMILES string of the molecule is O=C(O)CCCCC(O)c1cc2c(cc1Cl)NC(=O)C2. The normalized spacial score (nSPS) is 14.8. The van der Waals surface area contributed by atoms with Gasteiger partial charge in [0.1, 0.15) is 0 Å². The van der Waals surface area contributed by atoms with Crippen LogP contribution in [0.25, 0.3) is 0 Å². The maximum atomic E-state index is 11.3. The summed E-state index contributed by atoms with van der Waals surface area (Å²) < 4.78 is 0. The van der Waals surface area contributed by atoms with Crippen LogP contribution in [0, 0.1) is 0 Å². The zero-order chi connectivity index (χ0) is 14.7. The first-order valence-electron chi connectivity index (χ1n) is 6.49. The lowest BCUT2D eigenvalue weighted by Gasteiger charge is -2.14. The molecule has 0 bridgehead atoms. The number of carboxylic acids is 1. The van der Waals surface area contributed by atoms with E-state index in [1.54, 1.807) is 12.1 Å². The van der Waals surface area contributed by atoms with Gasteiger partial charge < -0.3 is 15.5 Å². The maximum Gasteiger partial charge on any atom is 0.303 e. The molecule has 0 saturated heterocycles. The second-order valence-corrected chi connectivity index (χ2v) is 5.32. The summed E-state index contributed by atoms with van der Waals surface area (Å²) in [7, 11) is 0. The fraction of sp³-hybridized carbons (Fsp3) is 0.429. The molecule has 1 unspecified atom stereocenters. The van der Waals surface area contributed by atoms with Gasteiger partial charge in [-0.25, -0.2) is 0 Å². The number of amides is 1. The van der Waals surface area contributed by atoms with Crippen LogP contribution in [0.4, 0.5) is 5.69 Å². The molecule has 108 valence electrons. The van der Waals surface area contributed by atoms with E-state index in [1.165, 1.54) is 0 Å². The molecule has 1 aromatic carbocycles. The lowest BCUT2D eigenvalue weighted by molar-refractivity contribution is -0.137. The monoisotopic (exact) mass is 297 g/mol. The fourth-order valence-electron chi connectivity index (χ4n) is 2.29. The van der Waals surface area contributed by atoms with Gasteiger partial charge in [0.25, 0.3) is 0 Å². The Balaban J connectivity index is 2.00. The second kappa shape index (κ2) is 6.24. The van der Waals surface area contributed by atoms with Gasteiger partial charge in [0.15, 0.2) is 0 Å². The molecule has 3 N–H and O–H groups in total. The average molecular weight is 298 g/mol. The molecule has 2 rings (SSSR count). The Morgan fingerprint density at radius 1 is 1.40 bits per heavy atom. The zero-order valence-electron chi connectivity index (χ0n) is 10.9. The number of anilines is 1. The number of hydrogen-bond donors (Lipinski definition) is 3. The highest BCUT2D eigenvalue weighted by Gasteiger charge is 2.21. The van der Waals surface area contributed by atoms with Crippen LogP contribution in [0.2, 0.25) is 5.02 Å². The Morgan fingerprint density at radius 2 is 2.15 bits per heavy atom. The first kappa shape index (κ1) is 14.8. The number of carbonyl (C=O) groups excluding carboxylic acids is 1. The molecule has 0 radical (unpaired) electrons. The van der Waals surface area contributed by atoms with E-state index in [2.05, 4.69) is 5.32 Å². The molecule has 5 nitrogen and oxygen atoms in total. The first-order valence-corrected chi connectivity index (χ1v) is 6.87. The number of rotatable bonds is 6. The molecule has 1 heterocycles. The molecule has 0 fully saturated rings. The van der Waals surface area contributed by atoms with Gasteiger partial charge in [-0.1, -0.05) is 11.6 Å². The van der Waals surface area contributed by atoms with Crippen molar-refractivity contribution in [1.29, 1.82) is 0 Å². The van der Waals surface area contributed by atoms with E-state index in [9.17, 15) is 14.7 Å². The van der Waals surface area contributed by atoms with Crippen LogP contribution in [-0.4, -0.2) is 22.1 Å². The van der Waals surface area contributed by atoms with Crippen LogP contribution in [0.1, 0.15) is 42.9 Å². The zero-order valence-corrected chi connectivity index (χ0v) is 11.6. The van der Waals surface area contributed by atoms with E-state index in [-0.39, 0.29) is 12.3 Å². The van der Waals surface area contributed by atoms with Gasteiger partial charge in [0.2, 0.25) is 5.91 Å². The molecule has 0 spiro atoms. The lowest BCUT2D eigenvalue weighted by atomic mass is 10.00. The molecule has 1 amide bonds. The van der Waals surface area contributed by atoms with Gasteiger partial charge in [0.05, 0.1) is 12.5 Å². The van der Waals surface area contributed by atoms with E-state index >= 15 is 0 Å². The number of nitrogens with one attached hydrogen (secondary N) is 1. The Morgan fingerprint density at radius 3 is 2.85 bits per heavy atom. The number of aliphatic carboxylic acids is 1. The number of unbranched alkanes of at least 4 members (excludes halogenated alkanes) is 1. The van der Waals surface area contributed by atoms with E-state index in [4.69, 9.17) is 16.7 Å². The van der Waals surface area contributed by atoms with Crippen molar-refractivity contribution in [3.8, 4) is 0 Å². The van der Waals surface area contributed by atoms with E-state index in [1.807, 2.05) is 0 Å². The number of benzene rings is 1. The van der Waals surface area contributed by atoms with Crippen molar-refractivity contribution in [3.63, 3.8) is 0 Å². The fourth-order valence-corrected chi connectivity index (χ4v) is 2.58. The van der Waals surface area contributed by atoms with Crippen LogP contribution in [0.5, 0.6) is 0 Å². The molecule has 1 atom stereocenters. The molecule has 6 heteroatoms. The molecule has 1 aliphatic heterocycles. The van der Waals surface area contributed by atoms with Crippen molar-refractivity contribution in [2.45, 2.75) is 38.2 Å². The summed E-state index contributed by atoms with van der Waals surface area (Å²) in [6, 6.07) is 3.40. The van der Waals surface area contributed by atoms with Crippen LogP contribution < -0.4 is 5.32 Å². The van der Waals surface area contributed by atoms with Crippen molar-refractivity contribution in [3.05, 3.63) is 28.3 Å². The number of carboxylic acid groups (broad SMARTS) is 1. The Labute approximate surface area is 121 Å². The van der Waals surface area contributed by atoms with E-state index in [0.717, 1.165) is 5.56 Å². The minimum atomic E-state index is -0.834. The highest BCUT2D eigenvalue weighted by molar-refractivity contribution is 6.32. The third-order valence-electron chi connectivity index (χ3n) is 3.32. The quantitative estimate of drug-likeness (QED) is 0.704. The molecular formula is C14H16ClNO4. The summed E-state index contributed by atoms with van der Waals surface area (Å²) >= 11 is 6.11. The smallest absolute Gasteiger partial charge is 0.303 e. The summed E-state index contributed by atoms with van der Waals surface area (Å²) in [5, 5.41) is 21.8. The van der Waals surface area contributed by atoms with Crippen molar-refractivity contribution in [2.24, 2.45) is 0 Å². The van der Waals surface area contributed by atoms with E-state index < -0.39 is 12.1 Å². The summed E-state index contributed by atoms with van der Waals surface area (Å²) in [5.74, 6) is -0.913. The van der Waals surface area contributed by atoms with Crippen molar-refractivity contribution < 1.29 is 19.8 Å². The molecule has 0 aliphatic carbocycles. The topological polar surface area (TPSA) is 86.6 Å². The lowest BCUT2D eigenvalue weighted by Crippen LogP contribution is -2.03. The van der Waals surface area contributed by atoms with Crippen LogP contribution >= 0.6 is 11.6 Å². The summed E-state index contributed by atoms with van der Waals surface area (Å²) in [5.41, 5.74) is 2.12. The van der Waals surface area contributed by atoms with Gasteiger partial charge in [-0.3, -0.25) is 9.59 Å². The number of hydrogen-bond acceptors (Lipinski definition) is 3. The van der Waals surface area contributed by atoms with Crippen LogP contribution in [0.3, 0.4) is 0 Å². The summed E-state index contributed by atoms with van der Waals surface area (Å²) in [6.45, 7) is 0. The molecule has 1 aromatic rings. The Hall–Kier alpha value is -1.59. The Kier molecular flexibility index (Phi) is 4.62. The number of carbonyl (C=O) groups is 2. The predicted octanol–water partition coefficient (Wildman–Crippen LogP) is 2.51. The van der Waals surface area contributed by atoms with Gasteiger partial charge in [0, 0.05) is 17.1 Å². The molecule has 0 aromatic heterocycles. The van der Waals surface area contributed by atoms with E-state index in [0.29, 0.717) is 42.0 Å².